The van der Waals surface area contributed by atoms with Crippen molar-refractivity contribution in [3.63, 3.8) is 0 Å². The second kappa shape index (κ2) is 13.1. The van der Waals surface area contributed by atoms with Gasteiger partial charge in [-0.2, -0.15) is 0 Å². The number of aryl methyl sites for hydroxylation is 4. The van der Waals surface area contributed by atoms with Crippen LogP contribution in [0.15, 0.2) is 71.6 Å². The number of anilines is 1. The molecule has 214 valence electrons. The van der Waals surface area contributed by atoms with E-state index in [0.29, 0.717) is 12.2 Å². The van der Waals surface area contributed by atoms with Crippen LogP contribution in [-0.2, 0) is 26.2 Å². The maximum absolute atomic E-state index is 14.1. The standard InChI is InChI=1S/C32H41N3O4S/c1-22(2)19-33-32(37)27(7)34(20-28-11-9-8-10-25(28)5)31(36)21-35(29-15-14-24(4)26(6)18-29)40(38,39)30-16-12-23(3)13-17-30/h8-18,22,27H,19-21H2,1-7H3,(H,33,37). The summed E-state index contributed by atoms with van der Waals surface area (Å²) >= 11 is 0. The van der Waals surface area contributed by atoms with E-state index in [1.165, 1.54) is 4.90 Å². The van der Waals surface area contributed by atoms with Gasteiger partial charge in [-0.1, -0.05) is 61.9 Å². The lowest BCUT2D eigenvalue weighted by molar-refractivity contribution is -0.139. The topological polar surface area (TPSA) is 86.8 Å². The fraction of sp³-hybridized carbons (Fsp3) is 0.375. The van der Waals surface area contributed by atoms with Crippen molar-refractivity contribution >= 4 is 27.5 Å². The molecule has 0 fully saturated rings. The molecule has 40 heavy (non-hydrogen) atoms. The molecule has 0 aliphatic heterocycles. The number of nitrogens with one attached hydrogen (secondary N) is 1. The molecule has 0 aliphatic rings. The third kappa shape index (κ3) is 7.50. The molecule has 2 amide bonds. The molecule has 3 aromatic rings. The van der Waals surface area contributed by atoms with Crippen molar-refractivity contribution in [1.29, 1.82) is 0 Å². The molecular formula is C32H41N3O4S. The van der Waals surface area contributed by atoms with E-state index in [1.807, 2.05) is 71.9 Å². The van der Waals surface area contributed by atoms with E-state index < -0.39 is 28.5 Å². The van der Waals surface area contributed by atoms with Crippen LogP contribution < -0.4 is 9.62 Å². The summed E-state index contributed by atoms with van der Waals surface area (Å²) in [6, 6.07) is 18.8. The zero-order chi connectivity index (χ0) is 29.6. The van der Waals surface area contributed by atoms with Gasteiger partial charge in [-0.15, -0.1) is 0 Å². The molecule has 7 nitrogen and oxygen atoms in total. The molecule has 0 saturated heterocycles. The van der Waals surface area contributed by atoms with Gasteiger partial charge in [-0.25, -0.2) is 8.42 Å². The molecule has 0 saturated carbocycles. The third-order valence-corrected chi connectivity index (χ3v) is 8.91. The highest BCUT2D eigenvalue weighted by molar-refractivity contribution is 7.92. The van der Waals surface area contributed by atoms with Crippen molar-refractivity contribution in [2.75, 3.05) is 17.4 Å². The molecule has 1 atom stereocenters. The van der Waals surface area contributed by atoms with Crippen LogP contribution in [0.1, 0.15) is 48.6 Å². The fourth-order valence-corrected chi connectivity index (χ4v) is 5.66. The van der Waals surface area contributed by atoms with E-state index in [9.17, 15) is 18.0 Å². The van der Waals surface area contributed by atoms with Crippen LogP contribution in [0.25, 0.3) is 0 Å². The predicted molar refractivity (Wildman–Crippen MR) is 161 cm³/mol. The lowest BCUT2D eigenvalue weighted by Crippen LogP contribution is -2.51. The van der Waals surface area contributed by atoms with Gasteiger partial charge in [-0.3, -0.25) is 13.9 Å². The van der Waals surface area contributed by atoms with Crippen LogP contribution in [0, 0.1) is 33.6 Å². The van der Waals surface area contributed by atoms with Crippen LogP contribution >= 0.6 is 0 Å². The molecule has 1 N–H and O–H groups in total. The zero-order valence-corrected chi connectivity index (χ0v) is 25.4. The minimum absolute atomic E-state index is 0.0947. The minimum Gasteiger partial charge on any atom is -0.354 e. The number of hydrogen-bond acceptors (Lipinski definition) is 4. The van der Waals surface area contributed by atoms with E-state index in [4.69, 9.17) is 0 Å². The molecule has 0 bridgehead atoms. The van der Waals surface area contributed by atoms with E-state index in [0.717, 1.165) is 32.1 Å². The molecule has 0 aromatic heterocycles. The van der Waals surface area contributed by atoms with Crippen LogP contribution in [0.4, 0.5) is 5.69 Å². The third-order valence-electron chi connectivity index (χ3n) is 7.12. The Kier molecular flexibility index (Phi) is 10.1. The number of benzene rings is 3. The average molecular weight is 564 g/mol. The molecule has 3 rings (SSSR count). The molecule has 0 aliphatic carbocycles. The zero-order valence-electron chi connectivity index (χ0n) is 24.6. The van der Waals surface area contributed by atoms with Gasteiger partial charge in [0.05, 0.1) is 10.6 Å². The maximum Gasteiger partial charge on any atom is 0.264 e. The molecular weight excluding hydrogens is 522 g/mol. The maximum atomic E-state index is 14.1. The minimum atomic E-state index is -4.09. The summed E-state index contributed by atoms with van der Waals surface area (Å²) < 4.78 is 29.1. The van der Waals surface area contributed by atoms with Crippen molar-refractivity contribution in [2.45, 2.75) is 65.9 Å². The first-order valence-corrected chi connectivity index (χ1v) is 15.0. The first-order valence-electron chi connectivity index (χ1n) is 13.6. The number of sulfonamides is 1. The number of hydrogen-bond donors (Lipinski definition) is 1. The van der Waals surface area contributed by atoms with Crippen molar-refractivity contribution in [3.05, 3.63) is 94.5 Å². The van der Waals surface area contributed by atoms with Crippen LogP contribution in [0.5, 0.6) is 0 Å². The quantitative estimate of drug-likeness (QED) is 0.343. The Morgan fingerprint density at radius 3 is 2.08 bits per heavy atom. The Balaban J connectivity index is 2.05. The van der Waals surface area contributed by atoms with E-state index in [2.05, 4.69) is 5.32 Å². The molecule has 0 radical (unpaired) electrons. The molecule has 0 spiro atoms. The molecule has 3 aromatic carbocycles. The van der Waals surface area contributed by atoms with Gasteiger partial charge in [-0.05, 0) is 87.1 Å². The average Bonchev–Trinajstić information content (AvgIpc) is 2.91. The van der Waals surface area contributed by atoms with Crippen molar-refractivity contribution in [3.8, 4) is 0 Å². The van der Waals surface area contributed by atoms with Crippen LogP contribution in [0.2, 0.25) is 0 Å². The van der Waals surface area contributed by atoms with Crippen molar-refractivity contribution in [1.82, 2.24) is 10.2 Å². The highest BCUT2D eigenvalue weighted by Gasteiger charge is 2.32. The highest BCUT2D eigenvalue weighted by Crippen LogP contribution is 2.27. The fourth-order valence-electron chi connectivity index (χ4n) is 4.25. The monoisotopic (exact) mass is 563 g/mol. The second-order valence-electron chi connectivity index (χ2n) is 10.9. The number of nitrogens with zero attached hydrogens (tertiary/aromatic N) is 2. The SMILES string of the molecule is Cc1ccc(S(=O)(=O)N(CC(=O)N(Cc2ccccc2C)C(C)C(=O)NCC(C)C)c2ccc(C)c(C)c2)cc1. The predicted octanol–water partition coefficient (Wildman–Crippen LogP) is 5.31. The second-order valence-corrected chi connectivity index (χ2v) is 12.7. The number of amides is 2. The molecule has 8 heteroatoms. The summed E-state index contributed by atoms with van der Waals surface area (Å²) in [4.78, 5) is 28.7. The number of carbonyl (C=O) groups is 2. The summed E-state index contributed by atoms with van der Waals surface area (Å²) in [6.07, 6.45) is 0. The summed E-state index contributed by atoms with van der Waals surface area (Å²) in [6.45, 7) is 13.6. The van der Waals surface area contributed by atoms with Crippen LogP contribution in [-0.4, -0.2) is 44.3 Å². The Bertz CT molecular complexity index is 1450. The summed E-state index contributed by atoms with van der Waals surface area (Å²) in [5.41, 5.74) is 5.11. The van der Waals surface area contributed by atoms with E-state index in [1.54, 1.807) is 43.3 Å². The van der Waals surface area contributed by atoms with E-state index in [-0.39, 0.29) is 23.3 Å². The first-order chi connectivity index (χ1) is 18.8. The Morgan fingerprint density at radius 2 is 1.48 bits per heavy atom. The van der Waals surface area contributed by atoms with E-state index >= 15 is 0 Å². The van der Waals surface area contributed by atoms with Gasteiger partial charge in [0, 0.05) is 13.1 Å². The summed E-state index contributed by atoms with van der Waals surface area (Å²) in [5.74, 6) is -0.504. The van der Waals surface area contributed by atoms with Crippen molar-refractivity contribution in [2.24, 2.45) is 5.92 Å². The van der Waals surface area contributed by atoms with Gasteiger partial charge < -0.3 is 10.2 Å². The van der Waals surface area contributed by atoms with Crippen LogP contribution in [0.3, 0.4) is 0 Å². The Hall–Kier alpha value is -3.65. The number of carbonyl (C=O) groups excluding carboxylic acids is 2. The summed E-state index contributed by atoms with van der Waals surface area (Å²) in [7, 11) is -4.09. The van der Waals surface area contributed by atoms with Crippen molar-refractivity contribution < 1.29 is 18.0 Å². The molecule has 1 unspecified atom stereocenters. The first kappa shape index (κ1) is 30.9. The van der Waals surface area contributed by atoms with Gasteiger partial charge in [0.2, 0.25) is 11.8 Å². The lowest BCUT2D eigenvalue weighted by atomic mass is 10.1. The summed E-state index contributed by atoms with van der Waals surface area (Å²) in [5, 5.41) is 2.91. The normalized spacial score (nSPS) is 12.2. The van der Waals surface area contributed by atoms with Gasteiger partial charge in [0.25, 0.3) is 10.0 Å². The molecule has 0 heterocycles. The highest BCUT2D eigenvalue weighted by atomic mass is 32.2. The number of rotatable bonds is 11. The van der Waals surface area contributed by atoms with Gasteiger partial charge >= 0.3 is 0 Å². The Morgan fingerprint density at radius 1 is 0.825 bits per heavy atom. The van der Waals surface area contributed by atoms with Gasteiger partial charge in [0.15, 0.2) is 0 Å². The van der Waals surface area contributed by atoms with Gasteiger partial charge in [0.1, 0.15) is 12.6 Å². The Labute approximate surface area is 239 Å². The smallest absolute Gasteiger partial charge is 0.264 e. The largest absolute Gasteiger partial charge is 0.354 e. The lowest BCUT2D eigenvalue weighted by Gasteiger charge is -2.32.